The van der Waals surface area contributed by atoms with Crippen LogP contribution in [-0.2, 0) is 17.9 Å². The van der Waals surface area contributed by atoms with Gasteiger partial charge in [-0.05, 0) is 56.4 Å². The number of halogens is 2. The van der Waals surface area contributed by atoms with Crippen molar-refractivity contribution in [3.05, 3.63) is 76.3 Å². The molecule has 5 heterocycles. The number of hydrogen-bond donors (Lipinski definition) is 4. The lowest BCUT2D eigenvalue weighted by Crippen LogP contribution is -2.41. The molecule has 2 fully saturated rings. The van der Waals surface area contributed by atoms with Crippen molar-refractivity contribution < 1.29 is 29.3 Å². The molecule has 1 aliphatic carbocycles. The van der Waals surface area contributed by atoms with E-state index in [0.717, 1.165) is 25.7 Å². The number of nitrogens with one attached hydrogen (secondary N) is 2. The Hall–Kier alpha value is -5.02. The van der Waals surface area contributed by atoms with E-state index in [-0.39, 0.29) is 37.0 Å². The molecule has 14 nitrogen and oxygen atoms in total. The van der Waals surface area contributed by atoms with Crippen LogP contribution in [0.15, 0.2) is 54.9 Å². The molecule has 2 aliphatic rings. The van der Waals surface area contributed by atoms with E-state index in [1.807, 2.05) is 30.5 Å². The zero-order chi connectivity index (χ0) is 37.9. The van der Waals surface area contributed by atoms with Gasteiger partial charge in [-0.25, -0.2) is 19.3 Å². The van der Waals surface area contributed by atoms with Crippen molar-refractivity contribution in [3.63, 3.8) is 0 Å². The molecule has 2 amide bonds. The Balaban J connectivity index is 1.15. The summed E-state index contributed by atoms with van der Waals surface area (Å²) in [7, 11) is 3.05. The first-order valence-electron chi connectivity index (χ1n) is 17.7. The molecule has 5 aromatic rings. The van der Waals surface area contributed by atoms with Gasteiger partial charge < -0.3 is 35.2 Å². The molecule has 4 N–H and O–H groups in total. The molecule has 54 heavy (non-hydrogen) atoms. The minimum Gasteiger partial charge on any atom is -0.493 e. The zero-order valence-corrected chi connectivity index (χ0v) is 31.3. The second-order valence-electron chi connectivity index (χ2n) is 13.5. The van der Waals surface area contributed by atoms with E-state index in [0.29, 0.717) is 91.9 Å². The highest BCUT2D eigenvalue weighted by molar-refractivity contribution is 6.39. The fraction of sp³-hybridized carbons (Fsp3) is 0.368. The Labute approximate surface area is 321 Å². The molecule has 1 saturated carbocycles. The molecular weight excluding hydrogens is 735 g/mol. The summed E-state index contributed by atoms with van der Waals surface area (Å²) in [5.74, 6) is 1.30. The number of carbonyl (C=O) groups excluding carboxylic acids is 1. The molecule has 16 heteroatoms. The largest absolute Gasteiger partial charge is 0.493 e. The third-order valence-corrected chi connectivity index (χ3v) is 10.7. The maximum atomic E-state index is 12.1. The van der Waals surface area contributed by atoms with E-state index >= 15 is 0 Å². The quantitative estimate of drug-likeness (QED) is 0.117. The Morgan fingerprint density at radius 1 is 1.02 bits per heavy atom. The summed E-state index contributed by atoms with van der Waals surface area (Å²) in [6, 6.07) is 12.8. The molecule has 1 aliphatic heterocycles. The Bertz CT molecular complexity index is 2190. The van der Waals surface area contributed by atoms with Crippen molar-refractivity contribution >= 4 is 40.8 Å². The molecule has 1 atom stereocenters. The van der Waals surface area contributed by atoms with Gasteiger partial charge >= 0.3 is 6.09 Å². The third-order valence-electron chi connectivity index (χ3n) is 9.93. The maximum Gasteiger partial charge on any atom is 0.407 e. The normalized spacial score (nSPS) is 18.5. The number of rotatable bonds is 12. The van der Waals surface area contributed by atoms with Crippen molar-refractivity contribution in [2.45, 2.75) is 69.8 Å². The number of carboxylic acid groups (broad SMARTS) is 1. The summed E-state index contributed by atoms with van der Waals surface area (Å²) in [5.41, 5.74) is 4.73. The van der Waals surface area contributed by atoms with Crippen molar-refractivity contribution in [1.29, 1.82) is 0 Å². The molecule has 1 aromatic carbocycles. The number of amides is 2. The summed E-state index contributed by atoms with van der Waals surface area (Å²) >= 11 is 14.2. The van der Waals surface area contributed by atoms with Crippen LogP contribution >= 0.6 is 23.2 Å². The van der Waals surface area contributed by atoms with Crippen LogP contribution in [0, 0.1) is 0 Å². The topological polar surface area (TPSA) is 176 Å². The third kappa shape index (κ3) is 7.92. The van der Waals surface area contributed by atoms with Gasteiger partial charge in [-0.1, -0.05) is 41.4 Å². The van der Waals surface area contributed by atoms with Crippen molar-refractivity contribution in [3.8, 4) is 45.3 Å². The van der Waals surface area contributed by atoms with Crippen LogP contribution in [0.25, 0.3) is 39.3 Å². The van der Waals surface area contributed by atoms with Crippen LogP contribution < -0.4 is 20.1 Å². The fourth-order valence-corrected chi connectivity index (χ4v) is 7.72. The summed E-state index contributed by atoms with van der Waals surface area (Å²) < 4.78 is 13.0. The van der Waals surface area contributed by atoms with E-state index in [1.54, 1.807) is 36.0 Å². The number of methoxy groups -OCH3 is 2. The highest BCUT2D eigenvalue weighted by Gasteiger charge is 2.27. The first-order chi connectivity index (χ1) is 26.1. The predicted octanol–water partition coefficient (Wildman–Crippen LogP) is 6.00. The van der Waals surface area contributed by atoms with Crippen LogP contribution in [0.4, 0.5) is 4.79 Å². The number of aliphatic hydroxyl groups is 1. The van der Waals surface area contributed by atoms with Crippen LogP contribution in [0.2, 0.25) is 10.0 Å². The number of ether oxygens (including phenoxy) is 2. The zero-order valence-electron chi connectivity index (χ0n) is 29.8. The van der Waals surface area contributed by atoms with Crippen LogP contribution in [-0.4, -0.2) is 90.6 Å². The molecule has 4 aromatic heterocycles. The van der Waals surface area contributed by atoms with Crippen molar-refractivity contribution in [1.82, 2.24) is 40.1 Å². The van der Waals surface area contributed by atoms with Gasteiger partial charge in [0.05, 0.1) is 54.8 Å². The van der Waals surface area contributed by atoms with Gasteiger partial charge in [-0.2, -0.15) is 0 Å². The highest BCUT2D eigenvalue weighted by atomic mass is 35.5. The summed E-state index contributed by atoms with van der Waals surface area (Å²) in [6.45, 7) is 0.659. The van der Waals surface area contributed by atoms with Gasteiger partial charge in [-0.3, -0.25) is 9.78 Å². The SMILES string of the molecule is COc1nc(-c2cccc(-c3ccnc(-c4cc(OC)c5nc(CN[C@H]6CC[C@H](O)CC6)nn5c4)c3Cl)c2Cl)ccc1CN(C[C@@H]1CCC(=O)N1)C(=O)O. The fourth-order valence-electron chi connectivity index (χ4n) is 7.07. The minimum atomic E-state index is -1.11. The monoisotopic (exact) mass is 774 g/mol. The number of nitrogens with zero attached hydrogens (tertiary/aromatic N) is 6. The second kappa shape index (κ2) is 16.1. The number of hydrogen-bond acceptors (Lipinski definition) is 10. The summed E-state index contributed by atoms with van der Waals surface area (Å²) in [5, 5.41) is 31.5. The van der Waals surface area contributed by atoms with Crippen LogP contribution in [0.1, 0.15) is 49.9 Å². The molecule has 0 radical (unpaired) electrons. The van der Waals surface area contributed by atoms with Crippen LogP contribution in [0.5, 0.6) is 11.6 Å². The Kier molecular flexibility index (Phi) is 11.2. The van der Waals surface area contributed by atoms with Crippen molar-refractivity contribution in [2.24, 2.45) is 0 Å². The van der Waals surface area contributed by atoms with E-state index in [4.69, 9.17) is 47.7 Å². The van der Waals surface area contributed by atoms with Gasteiger partial charge in [0.2, 0.25) is 11.8 Å². The average molecular weight is 776 g/mol. The molecule has 282 valence electrons. The van der Waals surface area contributed by atoms with Crippen LogP contribution in [0.3, 0.4) is 0 Å². The smallest absolute Gasteiger partial charge is 0.407 e. The standard InChI is InChI=1S/C38H40Cl2N8O6/c1-53-30-16-22(19-48-36(30)45-31(46-48)17-42-23-7-10-25(49)11-8-23)35-34(40)27(14-15-41-35)26-4-3-5-28(33(26)39)29-12-6-21(37(44-29)54-2)18-47(38(51)52)20-24-9-13-32(50)43-24/h3-6,12,14-16,19,23-25,42,49H,7-11,13,17-18,20H2,1-2H3,(H,43,50)(H,51,52)/t23-,24-,25-/m0/s1. The summed E-state index contributed by atoms with van der Waals surface area (Å²) in [4.78, 5) is 39.0. The van der Waals surface area contributed by atoms with E-state index < -0.39 is 6.09 Å². The lowest BCUT2D eigenvalue weighted by molar-refractivity contribution is -0.119. The first-order valence-corrected chi connectivity index (χ1v) is 18.5. The number of aromatic nitrogens is 5. The molecule has 0 unspecified atom stereocenters. The van der Waals surface area contributed by atoms with Gasteiger partial charge in [0.15, 0.2) is 17.2 Å². The minimum absolute atomic E-state index is 0.0247. The molecule has 1 saturated heterocycles. The average Bonchev–Trinajstić information content (AvgIpc) is 3.79. The van der Waals surface area contributed by atoms with E-state index in [9.17, 15) is 19.8 Å². The molecule has 7 rings (SSSR count). The number of pyridine rings is 3. The van der Waals surface area contributed by atoms with Gasteiger partial charge in [0.1, 0.15) is 0 Å². The highest BCUT2D eigenvalue weighted by Crippen LogP contribution is 2.42. The number of benzene rings is 1. The lowest BCUT2D eigenvalue weighted by Gasteiger charge is -2.25. The van der Waals surface area contributed by atoms with E-state index in [2.05, 4.69) is 15.6 Å². The number of aliphatic hydroxyl groups excluding tert-OH is 1. The van der Waals surface area contributed by atoms with Gasteiger partial charge in [0.25, 0.3) is 0 Å². The lowest BCUT2D eigenvalue weighted by atomic mass is 9.93. The molecule has 0 bridgehead atoms. The van der Waals surface area contributed by atoms with Gasteiger partial charge in [-0.15, -0.1) is 5.10 Å². The first kappa shape index (κ1) is 37.3. The second-order valence-corrected chi connectivity index (χ2v) is 14.3. The van der Waals surface area contributed by atoms with Crippen molar-refractivity contribution in [2.75, 3.05) is 20.8 Å². The maximum absolute atomic E-state index is 12.1. The van der Waals surface area contributed by atoms with E-state index in [1.165, 1.54) is 12.0 Å². The predicted molar refractivity (Wildman–Crippen MR) is 203 cm³/mol. The Morgan fingerprint density at radius 2 is 1.80 bits per heavy atom. The molecular formula is C38H40Cl2N8O6. The number of fused-ring (bicyclic) bond motifs is 1. The van der Waals surface area contributed by atoms with Gasteiger partial charge in [0, 0.05) is 65.3 Å². The Morgan fingerprint density at radius 3 is 2.52 bits per heavy atom. The number of carbonyl (C=O) groups is 2. The summed E-state index contributed by atoms with van der Waals surface area (Å²) in [6.07, 6.45) is 6.49. The molecule has 0 spiro atoms.